The lowest BCUT2D eigenvalue weighted by molar-refractivity contribution is -0.388. The van der Waals surface area contributed by atoms with Crippen molar-refractivity contribution >= 4 is 17.3 Å². The molecule has 2 aromatic carbocycles. The van der Waals surface area contributed by atoms with Gasteiger partial charge in [-0.3, -0.25) is 14.9 Å². The lowest BCUT2D eigenvalue weighted by Gasteiger charge is -2.37. The number of benzene rings is 2. The first-order valence-electron chi connectivity index (χ1n) is 15.1. The summed E-state index contributed by atoms with van der Waals surface area (Å²) in [6.07, 6.45) is -1.33. The van der Waals surface area contributed by atoms with E-state index in [1.165, 1.54) is 18.2 Å². The number of carbonyl (C=O) groups excluding carboxylic acids is 1. The maximum Gasteiger partial charge on any atom is 0.423 e. The van der Waals surface area contributed by atoms with Gasteiger partial charge in [0.15, 0.2) is 0 Å². The largest absolute Gasteiger partial charge is 0.491 e. The molecule has 1 saturated heterocycles. The van der Waals surface area contributed by atoms with E-state index in [4.69, 9.17) is 4.74 Å². The number of hydrogen-bond acceptors (Lipinski definition) is 6. The molecule has 0 bridgehead atoms. The SMILES string of the molecule is C=C(/C=C(\C=C/C)N1CCN(C(=O)Cc2ccc(C(F)(F)F)cc2)CC1)OC1CCC(Nc2ccc([N+](=O)[O-])c(C(F)(F)F)c2)CC1. The Morgan fingerprint density at radius 2 is 1.60 bits per heavy atom. The molecule has 1 saturated carbocycles. The van der Waals surface area contributed by atoms with Crippen LogP contribution in [0.1, 0.15) is 49.3 Å². The number of nitrogens with zero attached hydrogens (tertiary/aromatic N) is 3. The highest BCUT2D eigenvalue weighted by Gasteiger charge is 2.38. The Balaban J connectivity index is 1.26. The summed E-state index contributed by atoms with van der Waals surface area (Å²) in [4.78, 5) is 26.6. The van der Waals surface area contributed by atoms with E-state index in [1.54, 1.807) is 4.90 Å². The van der Waals surface area contributed by atoms with Gasteiger partial charge >= 0.3 is 12.4 Å². The zero-order chi connectivity index (χ0) is 34.4. The molecule has 1 aliphatic carbocycles. The number of allylic oxidation sites excluding steroid dienone is 3. The highest BCUT2D eigenvalue weighted by Crippen LogP contribution is 2.38. The molecular formula is C33H36F6N4O4. The van der Waals surface area contributed by atoms with Crippen molar-refractivity contribution in [1.82, 2.24) is 9.80 Å². The summed E-state index contributed by atoms with van der Waals surface area (Å²) in [5.41, 5.74) is -1.52. The number of piperazine rings is 1. The zero-order valence-corrected chi connectivity index (χ0v) is 25.7. The fourth-order valence-electron chi connectivity index (χ4n) is 5.71. The Hall–Kier alpha value is -4.49. The van der Waals surface area contributed by atoms with Gasteiger partial charge in [0.2, 0.25) is 5.91 Å². The van der Waals surface area contributed by atoms with E-state index in [1.807, 2.05) is 25.2 Å². The summed E-state index contributed by atoms with van der Waals surface area (Å²) in [6, 6.07) is 7.38. The standard InChI is InChI=1S/C33H36F6N4O4/c1-3-4-27(41-15-17-42(18-16-41)31(44)20-23-5-7-24(8-6-23)32(34,35)36)19-22(2)47-28-12-9-25(10-13-28)40-26-11-14-30(43(45)46)29(21-26)33(37,38)39/h3-8,11,14,19,21,25,28,40H,2,9-10,12-13,15-18,20H2,1H3/b4-3-,27-19+. The molecule has 0 spiro atoms. The van der Waals surface area contributed by atoms with Crippen LogP contribution in [0.25, 0.3) is 0 Å². The van der Waals surface area contributed by atoms with E-state index < -0.39 is 34.1 Å². The molecule has 1 heterocycles. The Morgan fingerprint density at radius 1 is 0.979 bits per heavy atom. The molecule has 0 aromatic heterocycles. The van der Waals surface area contributed by atoms with Gasteiger partial charge < -0.3 is 19.9 Å². The molecule has 1 amide bonds. The van der Waals surface area contributed by atoms with Crippen LogP contribution in [0, 0.1) is 10.1 Å². The van der Waals surface area contributed by atoms with Crippen molar-refractivity contribution in [2.45, 2.75) is 63.5 Å². The Kier molecular flexibility index (Phi) is 11.2. The number of carbonyl (C=O) groups is 1. The number of nitro groups is 1. The van der Waals surface area contributed by atoms with Crippen LogP contribution in [0.15, 0.2) is 78.7 Å². The smallest absolute Gasteiger partial charge is 0.423 e. The number of nitrogens with one attached hydrogen (secondary N) is 1. The Labute approximate surface area is 268 Å². The van der Waals surface area contributed by atoms with E-state index in [-0.39, 0.29) is 30.2 Å². The van der Waals surface area contributed by atoms with Gasteiger partial charge in [-0.1, -0.05) is 24.8 Å². The highest BCUT2D eigenvalue weighted by molar-refractivity contribution is 5.79. The van der Waals surface area contributed by atoms with Gasteiger partial charge in [-0.15, -0.1) is 0 Å². The molecule has 0 atom stereocenters. The third kappa shape index (κ3) is 9.75. The fraction of sp³-hybridized carbons (Fsp3) is 0.424. The average molecular weight is 667 g/mol. The van der Waals surface area contributed by atoms with E-state index in [9.17, 15) is 41.3 Å². The summed E-state index contributed by atoms with van der Waals surface area (Å²) in [6.45, 7) is 7.88. The molecule has 0 radical (unpaired) electrons. The van der Waals surface area contributed by atoms with Crippen molar-refractivity contribution in [2.75, 3.05) is 31.5 Å². The highest BCUT2D eigenvalue weighted by atomic mass is 19.4. The predicted octanol–water partition coefficient (Wildman–Crippen LogP) is 7.73. The van der Waals surface area contributed by atoms with Crippen molar-refractivity contribution in [3.8, 4) is 0 Å². The minimum atomic E-state index is -4.85. The van der Waals surface area contributed by atoms with Gasteiger partial charge in [-0.2, -0.15) is 26.3 Å². The fourth-order valence-corrected chi connectivity index (χ4v) is 5.71. The molecule has 2 fully saturated rings. The third-order valence-electron chi connectivity index (χ3n) is 8.14. The van der Waals surface area contributed by atoms with E-state index >= 15 is 0 Å². The molecular weight excluding hydrogens is 630 g/mol. The second-order valence-corrected chi connectivity index (χ2v) is 11.5. The molecule has 0 unspecified atom stereocenters. The summed E-state index contributed by atoms with van der Waals surface area (Å²) in [7, 11) is 0. The second kappa shape index (κ2) is 14.9. The summed E-state index contributed by atoms with van der Waals surface area (Å²) in [5.74, 6) is 0.286. The Bertz CT molecular complexity index is 1490. The summed E-state index contributed by atoms with van der Waals surface area (Å²) in [5, 5.41) is 14.1. The lowest BCUT2D eigenvalue weighted by Crippen LogP contribution is -2.48. The number of ether oxygens (including phenoxy) is 1. The maximum atomic E-state index is 13.3. The predicted molar refractivity (Wildman–Crippen MR) is 164 cm³/mol. The van der Waals surface area contributed by atoms with Crippen molar-refractivity contribution in [3.63, 3.8) is 0 Å². The number of rotatable bonds is 10. The number of alkyl halides is 6. The van der Waals surface area contributed by atoms with Crippen LogP contribution >= 0.6 is 0 Å². The van der Waals surface area contributed by atoms with Gasteiger partial charge in [0.25, 0.3) is 5.69 Å². The number of nitro benzene ring substituents is 1. The number of halogens is 6. The number of amides is 1. The molecule has 8 nitrogen and oxygen atoms in total. The van der Waals surface area contributed by atoms with Crippen molar-refractivity contribution in [3.05, 3.63) is 106 Å². The Morgan fingerprint density at radius 3 is 2.15 bits per heavy atom. The van der Waals surface area contributed by atoms with E-state index in [0.29, 0.717) is 63.2 Å². The first kappa shape index (κ1) is 35.4. The third-order valence-corrected chi connectivity index (χ3v) is 8.14. The molecule has 1 N–H and O–H groups in total. The van der Waals surface area contributed by atoms with Crippen LogP contribution < -0.4 is 5.32 Å². The topological polar surface area (TPSA) is 88.0 Å². The van der Waals surface area contributed by atoms with Crippen LogP contribution in [0.2, 0.25) is 0 Å². The van der Waals surface area contributed by atoms with Gasteiger partial charge in [0, 0.05) is 55.7 Å². The van der Waals surface area contributed by atoms with Gasteiger partial charge in [0.1, 0.15) is 11.3 Å². The van der Waals surface area contributed by atoms with Crippen LogP contribution in [0.5, 0.6) is 0 Å². The first-order chi connectivity index (χ1) is 22.1. The first-order valence-corrected chi connectivity index (χ1v) is 15.1. The molecule has 254 valence electrons. The molecule has 1 aliphatic heterocycles. The lowest BCUT2D eigenvalue weighted by atomic mass is 9.92. The number of hydrogen-bond donors (Lipinski definition) is 1. The van der Waals surface area contributed by atoms with Crippen molar-refractivity contribution < 1.29 is 40.8 Å². The van der Waals surface area contributed by atoms with Crippen LogP contribution in [0.4, 0.5) is 37.7 Å². The summed E-state index contributed by atoms with van der Waals surface area (Å²) < 4.78 is 84.6. The molecule has 2 aliphatic rings. The monoisotopic (exact) mass is 666 g/mol. The molecule has 2 aromatic rings. The average Bonchev–Trinajstić information content (AvgIpc) is 3.01. The molecule has 4 rings (SSSR count). The van der Waals surface area contributed by atoms with Gasteiger partial charge in [-0.25, -0.2) is 0 Å². The van der Waals surface area contributed by atoms with Gasteiger partial charge in [-0.05, 0) is 68.5 Å². The van der Waals surface area contributed by atoms with Crippen molar-refractivity contribution in [2.24, 2.45) is 0 Å². The summed E-state index contributed by atoms with van der Waals surface area (Å²) >= 11 is 0. The van der Waals surface area contributed by atoms with E-state index in [2.05, 4.69) is 16.8 Å². The minimum Gasteiger partial charge on any atom is -0.491 e. The van der Waals surface area contributed by atoms with Crippen LogP contribution in [-0.4, -0.2) is 59.0 Å². The second-order valence-electron chi connectivity index (χ2n) is 11.5. The zero-order valence-electron chi connectivity index (χ0n) is 25.7. The normalized spacial score (nSPS) is 19.5. The quantitative estimate of drug-likeness (QED) is 0.0919. The van der Waals surface area contributed by atoms with E-state index in [0.717, 1.165) is 30.0 Å². The van der Waals surface area contributed by atoms with Crippen LogP contribution in [-0.2, 0) is 28.3 Å². The molecule has 47 heavy (non-hydrogen) atoms. The van der Waals surface area contributed by atoms with Gasteiger partial charge in [0.05, 0.1) is 23.0 Å². The molecule has 14 heteroatoms. The maximum absolute atomic E-state index is 13.3. The van der Waals surface area contributed by atoms with Crippen molar-refractivity contribution in [1.29, 1.82) is 0 Å². The number of anilines is 1. The minimum absolute atomic E-state index is 0.0145. The van der Waals surface area contributed by atoms with Crippen LogP contribution in [0.3, 0.4) is 0 Å².